The lowest BCUT2D eigenvalue weighted by Crippen LogP contribution is -2.48. The molecule has 1 aliphatic rings. The Morgan fingerprint density at radius 2 is 2.10 bits per heavy atom. The van der Waals surface area contributed by atoms with Gasteiger partial charge in [0.1, 0.15) is 0 Å². The van der Waals surface area contributed by atoms with Crippen molar-refractivity contribution in [2.75, 3.05) is 18.4 Å². The summed E-state index contributed by atoms with van der Waals surface area (Å²) < 4.78 is 0. The number of amides is 2. The zero-order valence-electron chi connectivity index (χ0n) is 12.7. The van der Waals surface area contributed by atoms with Crippen LogP contribution in [0.5, 0.6) is 0 Å². The maximum absolute atomic E-state index is 12.4. The van der Waals surface area contributed by atoms with Crippen molar-refractivity contribution in [3.8, 4) is 0 Å². The second-order valence-corrected chi connectivity index (χ2v) is 5.62. The minimum absolute atomic E-state index is 0.0873. The Labute approximate surface area is 125 Å². The number of anilines is 1. The van der Waals surface area contributed by atoms with Gasteiger partial charge in [-0.15, -0.1) is 0 Å². The lowest BCUT2D eigenvalue weighted by atomic mass is 9.99. The van der Waals surface area contributed by atoms with E-state index in [0.29, 0.717) is 17.8 Å². The van der Waals surface area contributed by atoms with Crippen LogP contribution in [0.2, 0.25) is 0 Å². The molecule has 5 heteroatoms. The molecule has 3 N–H and O–H groups in total. The molecule has 1 fully saturated rings. The predicted octanol–water partition coefficient (Wildman–Crippen LogP) is 1.91. The molecule has 0 aliphatic carbocycles. The molecule has 114 valence electrons. The zero-order valence-corrected chi connectivity index (χ0v) is 12.7. The first-order valence-corrected chi connectivity index (χ1v) is 7.50. The summed E-state index contributed by atoms with van der Waals surface area (Å²) in [6.07, 6.45) is 2.67. The molecule has 1 aromatic rings. The normalized spacial score (nSPS) is 21.0. The molecule has 5 nitrogen and oxygen atoms in total. The Morgan fingerprint density at radius 1 is 1.33 bits per heavy atom. The van der Waals surface area contributed by atoms with Gasteiger partial charge in [0.05, 0.1) is 16.8 Å². The third-order valence-corrected chi connectivity index (χ3v) is 3.83. The summed E-state index contributed by atoms with van der Waals surface area (Å²) in [5.74, 6) is -0.243. The van der Waals surface area contributed by atoms with Crippen LogP contribution in [0, 0.1) is 0 Å². The van der Waals surface area contributed by atoms with E-state index in [2.05, 4.69) is 16.0 Å². The van der Waals surface area contributed by atoms with Crippen molar-refractivity contribution in [1.29, 1.82) is 0 Å². The number of hydrogen-bond donors (Lipinski definition) is 3. The van der Waals surface area contributed by atoms with Gasteiger partial charge >= 0.3 is 0 Å². The monoisotopic (exact) mass is 289 g/mol. The molecule has 1 saturated heterocycles. The van der Waals surface area contributed by atoms with Gasteiger partial charge in [-0.3, -0.25) is 9.59 Å². The highest BCUT2D eigenvalue weighted by atomic mass is 16.2. The Balaban J connectivity index is 2.13. The summed E-state index contributed by atoms with van der Waals surface area (Å²) in [5, 5.41) is 8.95. The molecule has 21 heavy (non-hydrogen) atoms. The Hall–Kier alpha value is -1.88. The number of rotatable bonds is 5. The number of carbonyl (C=O) groups is 2. The van der Waals surface area contributed by atoms with Crippen LogP contribution in [0.15, 0.2) is 24.3 Å². The molecule has 2 amide bonds. The Bertz CT molecular complexity index is 522. The number of nitrogens with one attached hydrogen (secondary N) is 3. The van der Waals surface area contributed by atoms with Crippen molar-refractivity contribution in [3.63, 3.8) is 0 Å². The first-order valence-electron chi connectivity index (χ1n) is 7.50. The van der Waals surface area contributed by atoms with E-state index in [1.165, 1.54) is 0 Å². The van der Waals surface area contributed by atoms with Crippen LogP contribution in [0.25, 0.3) is 0 Å². The lowest BCUT2D eigenvalue weighted by Gasteiger charge is -2.23. The summed E-state index contributed by atoms with van der Waals surface area (Å²) in [6, 6.07) is 7.10. The highest BCUT2D eigenvalue weighted by molar-refractivity contribution is 6.05. The number of benzene rings is 1. The molecule has 0 saturated carbocycles. The summed E-state index contributed by atoms with van der Waals surface area (Å²) in [6.45, 7) is 5.37. The molecule has 1 aromatic carbocycles. The van der Waals surface area contributed by atoms with Gasteiger partial charge in [-0.1, -0.05) is 19.1 Å². The van der Waals surface area contributed by atoms with Crippen molar-refractivity contribution in [3.05, 3.63) is 29.8 Å². The van der Waals surface area contributed by atoms with E-state index in [1.807, 2.05) is 19.9 Å². The smallest absolute Gasteiger partial charge is 0.253 e. The highest BCUT2D eigenvalue weighted by Gasteiger charge is 2.36. The molecule has 0 spiro atoms. The molecular formula is C16H23N3O2. The first-order chi connectivity index (χ1) is 10.1. The quantitative estimate of drug-likeness (QED) is 0.775. The Morgan fingerprint density at radius 3 is 2.76 bits per heavy atom. The van der Waals surface area contributed by atoms with Crippen LogP contribution < -0.4 is 16.0 Å². The fourth-order valence-corrected chi connectivity index (χ4v) is 2.47. The predicted molar refractivity (Wildman–Crippen MR) is 83.3 cm³/mol. The summed E-state index contributed by atoms with van der Waals surface area (Å²) >= 11 is 0. The number of para-hydroxylation sites is 1. The fourth-order valence-electron chi connectivity index (χ4n) is 2.47. The van der Waals surface area contributed by atoms with Crippen LogP contribution in [0.4, 0.5) is 5.69 Å². The second kappa shape index (κ2) is 6.72. The molecular weight excluding hydrogens is 266 g/mol. The average Bonchev–Trinajstić information content (AvgIpc) is 2.93. The van der Waals surface area contributed by atoms with Crippen molar-refractivity contribution in [2.24, 2.45) is 0 Å². The lowest BCUT2D eigenvalue weighted by molar-refractivity contribution is -0.121. The van der Waals surface area contributed by atoms with Crippen LogP contribution in [-0.4, -0.2) is 30.4 Å². The topological polar surface area (TPSA) is 70.2 Å². The van der Waals surface area contributed by atoms with Gasteiger partial charge in [0, 0.05) is 6.54 Å². The largest absolute Gasteiger partial charge is 0.352 e. The minimum atomic E-state index is -0.549. The van der Waals surface area contributed by atoms with E-state index in [9.17, 15) is 9.59 Å². The minimum Gasteiger partial charge on any atom is -0.352 e. The molecule has 0 radical (unpaired) electrons. The van der Waals surface area contributed by atoms with Gasteiger partial charge in [-0.2, -0.15) is 0 Å². The molecule has 1 atom stereocenters. The third kappa shape index (κ3) is 3.61. The standard InChI is InChI=1S/C16H23N3O2/c1-3-10-17-14(20)12-7-4-5-8-13(12)19-15(21)16(2)9-6-11-18-16/h4-5,7-8,18H,3,6,9-11H2,1-2H3,(H,17,20)(H,19,21). The molecule has 1 heterocycles. The van der Waals surface area contributed by atoms with Gasteiger partial charge < -0.3 is 16.0 Å². The fraction of sp³-hybridized carbons (Fsp3) is 0.500. The third-order valence-electron chi connectivity index (χ3n) is 3.83. The van der Waals surface area contributed by atoms with Crippen molar-refractivity contribution < 1.29 is 9.59 Å². The SMILES string of the molecule is CCCNC(=O)c1ccccc1NC(=O)C1(C)CCCN1. The van der Waals surface area contributed by atoms with E-state index >= 15 is 0 Å². The van der Waals surface area contributed by atoms with Gasteiger partial charge in [-0.05, 0) is 44.9 Å². The number of hydrogen-bond acceptors (Lipinski definition) is 3. The van der Waals surface area contributed by atoms with E-state index in [4.69, 9.17) is 0 Å². The Kier molecular flexibility index (Phi) is 4.96. The van der Waals surface area contributed by atoms with E-state index in [1.54, 1.807) is 18.2 Å². The van der Waals surface area contributed by atoms with Crippen LogP contribution in [0.1, 0.15) is 43.5 Å². The van der Waals surface area contributed by atoms with Gasteiger partial charge in [-0.25, -0.2) is 0 Å². The number of carbonyl (C=O) groups excluding carboxylic acids is 2. The molecule has 1 unspecified atom stereocenters. The maximum Gasteiger partial charge on any atom is 0.253 e. The summed E-state index contributed by atoms with van der Waals surface area (Å²) in [5.41, 5.74) is 0.513. The molecule has 0 aromatic heterocycles. The summed E-state index contributed by atoms with van der Waals surface area (Å²) in [7, 11) is 0. The zero-order chi connectivity index (χ0) is 15.3. The van der Waals surface area contributed by atoms with Crippen LogP contribution in [0.3, 0.4) is 0 Å². The highest BCUT2D eigenvalue weighted by Crippen LogP contribution is 2.22. The van der Waals surface area contributed by atoms with E-state index < -0.39 is 5.54 Å². The van der Waals surface area contributed by atoms with Crippen molar-refractivity contribution in [1.82, 2.24) is 10.6 Å². The molecule has 1 aliphatic heterocycles. The van der Waals surface area contributed by atoms with Crippen LogP contribution >= 0.6 is 0 Å². The summed E-state index contributed by atoms with van der Waals surface area (Å²) in [4.78, 5) is 24.5. The first kappa shape index (κ1) is 15.5. The molecule has 0 bridgehead atoms. The van der Waals surface area contributed by atoms with E-state index in [-0.39, 0.29) is 11.8 Å². The van der Waals surface area contributed by atoms with Gasteiger partial charge in [0.25, 0.3) is 5.91 Å². The molecule has 2 rings (SSSR count). The maximum atomic E-state index is 12.4. The van der Waals surface area contributed by atoms with E-state index in [0.717, 1.165) is 25.8 Å². The second-order valence-electron chi connectivity index (χ2n) is 5.62. The van der Waals surface area contributed by atoms with Crippen molar-refractivity contribution in [2.45, 2.75) is 38.6 Å². The van der Waals surface area contributed by atoms with Crippen molar-refractivity contribution >= 4 is 17.5 Å². The average molecular weight is 289 g/mol. The van der Waals surface area contributed by atoms with Gasteiger partial charge in [0.15, 0.2) is 0 Å². The van der Waals surface area contributed by atoms with Crippen LogP contribution in [-0.2, 0) is 4.79 Å². The van der Waals surface area contributed by atoms with Gasteiger partial charge in [0.2, 0.25) is 5.91 Å².